The number of aromatic nitrogens is 1. The Morgan fingerprint density at radius 2 is 1.81 bits per heavy atom. The Balaban J connectivity index is 1.77. The maximum atomic E-state index is 12.1. The van der Waals surface area contributed by atoms with Crippen molar-refractivity contribution in [3.63, 3.8) is 0 Å². The lowest BCUT2D eigenvalue weighted by Gasteiger charge is -2.08. The molecule has 1 N–H and O–H groups in total. The molecular weight excluding hydrogens is 280 g/mol. The van der Waals surface area contributed by atoms with Crippen molar-refractivity contribution in [2.75, 3.05) is 0 Å². The normalized spacial score (nSPS) is 10.5. The van der Waals surface area contributed by atoms with Gasteiger partial charge in [0.15, 0.2) is 0 Å². The van der Waals surface area contributed by atoms with E-state index in [1.807, 2.05) is 30.3 Å². The number of pyridine rings is 1. The van der Waals surface area contributed by atoms with Crippen LogP contribution in [0.4, 0.5) is 0 Å². The fourth-order valence-corrected chi connectivity index (χ4v) is 2.35. The number of nitrogens with zero attached hydrogens (tertiary/aromatic N) is 1. The summed E-state index contributed by atoms with van der Waals surface area (Å²) in [7, 11) is 0. The fraction of sp³-hybridized carbons (Fsp3) is 0.0588. The molecule has 0 atom stereocenters. The Morgan fingerprint density at radius 3 is 2.62 bits per heavy atom. The van der Waals surface area contributed by atoms with Crippen LogP contribution in [0.25, 0.3) is 10.9 Å². The van der Waals surface area contributed by atoms with Crippen LogP contribution in [0.2, 0.25) is 0 Å². The predicted octanol–water partition coefficient (Wildman–Crippen LogP) is 3.45. The van der Waals surface area contributed by atoms with Crippen LogP contribution in [-0.4, -0.2) is 10.9 Å². The predicted molar refractivity (Wildman–Crippen MR) is 86.6 cm³/mol. The van der Waals surface area contributed by atoms with Crippen molar-refractivity contribution in [2.45, 2.75) is 11.4 Å². The molecule has 0 radical (unpaired) electrons. The Hall–Kier alpha value is -2.33. The van der Waals surface area contributed by atoms with E-state index < -0.39 is 0 Å². The molecule has 0 aliphatic carbocycles. The SMILES string of the molecule is O=C(NCc1cccc2cccnc12)c1ccc(S)cc1. The first kappa shape index (κ1) is 13.6. The smallest absolute Gasteiger partial charge is 0.251 e. The van der Waals surface area contributed by atoms with Crippen LogP contribution in [-0.2, 0) is 6.54 Å². The molecule has 0 saturated carbocycles. The third kappa shape index (κ3) is 3.06. The van der Waals surface area contributed by atoms with Crippen LogP contribution in [0, 0.1) is 0 Å². The second-order valence-corrected chi connectivity index (χ2v) is 5.24. The van der Waals surface area contributed by atoms with Gasteiger partial charge in [0.05, 0.1) is 5.52 Å². The van der Waals surface area contributed by atoms with Gasteiger partial charge in [-0.1, -0.05) is 24.3 Å². The molecule has 3 rings (SSSR count). The van der Waals surface area contributed by atoms with Crippen molar-refractivity contribution in [1.29, 1.82) is 0 Å². The number of para-hydroxylation sites is 1. The molecule has 1 heterocycles. The minimum Gasteiger partial charge on any atom is -0.348 e. The summed E-state index contributed by atoms with van der Waals surface area (Å²) in [6.07, 6.45) is 1.76. The van der Waals surface area contributed by atoms with Gasteiger partial charge in [-0.15, -0.1) is 12.6 Å². The minimum absolute atomic E-state index is 0.101. The van der Waals surface area contributed by atoms with Crippen molar-refractivity contribution < 1.29 is 4.79 Å². The van der Waals surface area contributed by atoms with Gasteiger partial charge in [-0.05, 0) is 35.9 Å². The zero-order valence-electron chi connectivity index (χ0n) is 11.3. The van der Waals surface area contributed by atoms with Crippen LogP contribution >= 0.6 is 12.6 Å². The minimum atomic E-state index is -0.101. The molecule has 3 nitrogen and oxygen atoms in total. The number of hydrogen-bond donors (Lipinski definition) is 2. The summed E-state index contributed by atoms with van der Waals surface area (Å²) < 4.78 is 0. The summed E-state index contributed by atoms with van der Waals surface area (Å²) in [5.74, 6) is -0.101. The first-order chi connectivity index (χ1) is 10.2. The van der Waals surface area contributed by atoms with Crippen molar-refractivity contribution >= 4 is 29.4 Å². The number of carbonyl (C=O) groups excluding carboxylic acids is 1. The van der Waals surface area contributed by atoms with E-state index in [9.17, 15) is 4.79 Å². The van der Waals surface area contributed by atoms with Crippen molar-refractivity contribution in [1.82, 2.24) is 10.3 Å². The lowest BCUT2D eigenvalue weighted by atomic mass is 10.1. The maximum absolute atomic E-state index is 12.1. The van der Waals surface area contributed by atoms with Crippen molar-refractivity contribution in [3.05, 3.63) is 71.9 Å². The molecule has 2 aromatic carbocycles. The molecule has 4 heteroatoms. The Morgan fingerprint density at radius 1 is 1.05 bits per heavy atom. The zero-order chi connectivity index (χ0) is 14.7. The Kier molecular flexibility index (Phi) is 3.88. The lowest BCUT2D eigenvalue weighted by molar-refractivity contribution is 0.0951. The van der Waals surface area contributed by atoms with Crippen LogP contribution in [0.5, 0.6) is 0 Å². The van der Waals surface area contributed by atoms with Gasteiger partial charge in [-0.2, -0.15) is 0 Å². The van der Waals surface area contributed by atoms with Gasteiger partial charge in [-0.3, -0.25) is 9.78 Å². The first-order valence-corrected chi connectivity index (χ1v) is 7.08. The highest BCUT2D eigenvalue weighted by molar-refractivity contribution is 7.80. The largest absolute Gasteiger partial charge is 0.348 e. The zero-order valence-corrected chi connectivity index (χ0v) is 12.2. The van der Waals surface area contributed by atoms with E-state index in [4.69, 9.17) is 0 Å². The highest BCUT2D eigenvalue weighted by Gasteiger charge is 2.06. The third-order valence-corrected chi connectivity index (χ3v) is 3.58. The van der Waals surface area contributed by atoms with E-state index in [-0.39, 0.29) is 5.91 Å². The summed E-state index contributed by atoms with van der Waals surface area (Å²) in [5, 5.41) is 4.00. The van der Waals surface area contributed by atoms with E-state index in [1.54, 1.807) is 30.5 Å². The molecule has 104 valence electrons. The fourth-order valence-electron chi connectivity index (χ4n) is 2.20. The van der Waals surface area contributed by atoms with Crippen molar-refractivity contribution in [3.8, 4) is 0 Å². The van der Waals surface area contributed by atoms with E-state index in [0.717, 1.165) is 21.4 Å². The number of amides is 1. The quantitative estimate of drug-likeness (QED) is 0.726. The molecule has 3 aromatic rings. The highest BCUT2D eigenvalue weighted by Crippen LogP contribution is 2.16. The molecule has 1 aromatic heterocycles. The van der Waals surface area contributed by atoms with Gasteiger partial charge in [0.2, 0.25) is 0 Å². The summed E-state index contributed by atoms with van der Waals surface area (Å²) in [6, 6.07) is 17.0. The number of hydrogen-bond acceptors (Lipinski definition) is 3. The van der Waals surface area contributed by atoms with Gasteiger partial charge >= 0.3 is 0 Å². The molecule has 21 heavy (non-hydrogen) atoms. The average Bonchev–Trinajstić information content (AvgIpc) is 2.53. The molecule has 0 unspecified atom stereocenters. The number of rotatable bonds is 3. The summed E-state index contributed by atoms with van der Waals surface area (Å²) in [5.41, 5.74) is 2.55. The maximum Gasteiger partial charge on any atom is 0.251 e. The van der Waals surface area contributed by atoms with Crippen LogP contribution in [0.15, 0.2) is 65.7 Å². The van der Waals surface area contributed by atoms with Gasteiger partial charge in [-0.25, -0.2) is 0 Å². The lowest BCUT2D eigenvalue weighted by Crippen LogP contribution is -2.22. The van der Waals surface area contributed by atoms with Crippen LogP contribution < -0.4 is 5.32 Å². The standard InChI is InChI=1S/C17H14N2OS/c20-17(13-6-8-15(21)9-7-13)19-11-14-4-1-3-12-5-2-10-18-16(12)14/h1-10,21H,11H2,(H,19,20). The topological polar surface area (TPSA) is 42.0 Å². The van der Waals surface area contributed by atoms with Gasteiger partial charge in [0.1, 0.15) is 0 Å². The molecule has 0 bridgehead atoms. The van der Waals surface area contributed by atoms with Gasteiger partial charge in [0, 0.05) is 28.6 Å². The average molecular weight is 294 g/mol. The molecule has 0 aliphatic rings. The summed E-state index contributed by atoms with van der Waals surface area (Å²) >= 11 is 4.21. The van der Waals surface area contributed by atoms with E-state index in [1.165, 1.54) is 0 Å². The highest BCUT2D eigenvalue weighted by atomic mass is 32.1. The van der Waals surface area contributed by atoms with Crippen LogP contribution in [0.1, 0.15) is 15.9 Å². The van der Waals surface area contributed by atoms with E-state index >= 15 is 0 Å². The summed E-state index contributed by atoms with van der Waals surface area (Å²) in [4.78, 5) is 17.3. The molecular formula is C17H14N2OS. The van der Waals surface area contributed by atoms with E-state index in [2.05, 4.69) is 22.9 Å². The monoisotopic (exact) mass is 294 g/mol. The number of benzene rings is 2. The number of carbonyl (C=O) groups is 1. The molecule has 0 spiro atoms. The second kappa shape index (κ2) is 5.97. The Labute approximate surface area is 128 Å². The van der Waals surface area contributed by atoms with Crippen LogP contribution in [0.3, 0.4) is 0 Å². The number of nitrogens with one attached hydrogen (secondary N) is 1. The van der Waals surface area contributed by atoms with Gasteiger partial charge in [0.25, 0.3) is 5.91 Å². The molecule has 0 aliphatic heterocycles. The Bertz CT molecular complexity index is 779. The van der Waals surface area contributed by atoms with E-state index in [0.29, 0.717) is 12.1 Å². The molecule has 0 fully saturated rings. The third-order valence-electron chi connectivity index (χ3n) is 3.29. The molecule has 0 saturated heterocycles. The first-order valence-electron chi connectivity index (χ1n) is 6.64. The number of thiol groups is 1. The number of fused-ring (bicyclic) bond motifs is 1. The van der Waals surface area contributed by atoms with Crippen molar-refractivity contribution in [2.24, 2.45) is 0 Å². The summed E-state index contributed by atoms with van der Waals surface area (Å²) in [6.45, 7) is 0.454. The van der Waals surface area contributed by atoms with Gasteiger partial charge < -0.3 is 5.32 Å². The molecule has 1 amide bonds. The second-order valence-electron chi connectivity index (χ2n) is 4.72.